The topological polar surface area (TPSA) is 90.3 Å². The monoisotopic (exact) mass is 353 g/mol. The van der Waals surface area contributed by atoms with Crippen LogP contribution in [0.5, 0.6) is 0 Å². The molecular formula is C18H15N3O3S. The number of fused-ring (bicyclic) bond motifs is 2. The first-order valence-electron chi connectivity index (χ1n) is 7.86. The van der Waals surface area contributed by atoms with Gasteiger partial charge in [0.25, 0.3) is 0 Å². The third-order valence-corrected chi connectivity index (χ3v) is 6.81. The van der Waals surface area contributed by atoms with Gasteiger partial charge in [0.15, 0.2) is 0 Å². The van der Waals surface area contributed by atoms with Crippen molar-refractivity contribution in [3.8, 4) is 6.07 Å². The lowest BCUT2D eigenvalue weighted by atomic mass is 9.80. The Balaban J connectivity index is 1.81. The first-order valence-corrected chi connectivity index (χ1v) is 9.30. The maximum absolute atomic E-state index is 13.0. The molecule has 2 atom stereocenters. The number of para-hydroxylation sites is 1. The fourth-order valence-electron chi connectivity index (χ4n) is 3.70. The lowest BCUT2D eigenvalue weighted by Gasteiger charge is -2.22. The zero-order valence-corrected chi connectivity index (χ0v) is 14.0. The van der Waals surface area contributed by atoms with Crippen LogP contribution < -0.4 is 5.32 Å². The molecule has 7 heteroatoms. The molecule has 0 unspecified atom stereocenters. The van der Waals surface area contributed by atoms with E-state index in [9.17, 15) is 18.5 Å². The Hall–Kier alpha value is -2.69. The van der Waals surface area contributed by atoms with E-state index in [1.807, 2.05) is 18.2 Å². The fourth-order valence-corrected chi connectivity index (χ4v) is 5.32. The predicted octanol–water partition coefficient (Wildman–Crippen LogP) is 1.86. The normalized spacial score (nSPS) is 25.6. The molecule has 1 N–H and O–H groups in total. The van der Waals surface area contributed by atoms with Crippen LogP contribution in [0, 0.1) is 11.3 Å². The van der Waals surface area contributed by atoms with E-state index in [4.69, 9.17) is 0 Å². The largest absolute Gasteiger partial charge is 0.325 e. The molecule has 6 nitrogen and oxygen atoms in total. The van der Waals surface area contributed by atoms with Gasteiger partial charge in [-0.25, -0.2) is 8.42 Å². The number of carbonyl (C=O) groups excluding carboxylic acids is 1. The van der Waals surface area contributed by atoms with Crippen molar-refractivity contribution in [2.75, 3.05) is 11.9 Å². The van der Waals surface area contributed by atoms with E-state index < -0.39 is 21.5 Å². The van der Waals surface area contributed by atoms with E-state index in [2.05, 4.69) is 11.4 Å². The highest BCUT2D eigenvalue weighted by Gasteiger charge is 2.57. The highest BCUT2D eigenvalue weighted by molar-refractivity contribution is 7.89. The molecule has 2 aliphatic heterocycles. The van der Waals surface area contributed by atoms with E-state index in [1.54, 1.807) is 24.3 Å². The van der Waals surface area contributed by atoms with Crippen LogP contribution in [0.1, 0.15) is 12.0 Å². The average molecular weight is 353 g/mol. The number of nitriles is 1. The molecule has 0 aliphatic carbocycles. The van der Waals surface area contributed by atoms with Gasteiger partial charge >= 0.3 is 0 Å². The molecule has 1 fully saturated rings. The van der Waals surface area contributed by atoms with Crippen LogP contribution in [0.4, 0.5) is 5.69 Å². The molecule has 2 aromatic carbocycles. The lowest BCUT2D eigenvalue weighted by molar-refractivity contribution is -0.120. The van der Waals surface area contributed by atoms with Crippen molar-refractivity contribution < 1.29 is 13.2 Å². The second kappa shape index (κ2) is 5.41. The highest BCUT2D eigenvalue weighted by Crippen LogP contribution is 2.47. The summed E-state index contributed by atoms with van der Waals surface area (Å²) in [5.74, 6) is -0.250. The zero-order valence-electron chi connectivity index (χ0n) is 13.2. The smallest absolute Gasteiger partial charge is 0.244 e. The molecule has 1 amide bonds. The van der Waals surface area contributed by atoms with E-state index in [1.165, 1.54) is 12.1 Å². The maximum Gasteiger partial charge on any atom is 0.244 e. The summed E-state index contributed by atoms with van der Waals surface area (Å²) in [6, 6.07) is 16.4. The summed E-state index contributed by atoms with van der Waals surface area (Å²) in [5, 5.41) is 12.4. The number of nitrogens with one attached hydrogen (secondary N) is 1. The van der Waals surface area contributed by atoms with Gasteiger partial charge in [0.1, 0.15) is 6.04 Å². The Kier molecular flexibility index (Phi) is 3.42. The van der Waals surface area contributed by atoms with Gasteiger partial charge in [-0.2, -0.15) is 9.57 Å². The number of hydrogen-bond donors (Lipinski definition) is 1. The van der Waals surface area contributed by atoms with Crippen molar-refractivity contribution in [2.45, 2.75) is 22.8 Å². The molecule has 2 heterocycles. The first kappa shape index (κ1) is 15.8. The first-order chi connectivity index (χ1) is 12.0. The number of rotatable bonds is 2. The number of nitrogens with zero attached hydrogens (tertiary/aromatic N) is 2. The van der Waals surface area contributed by atoms with Crippen molar-refractivity contribution in [2.24, 2.45) is 0 Å². The van der Waals surface area contributed by atoms with Crippen molar-refractivity contribution in [1.29, 1.82) is 5.26 Å². The predicted molar refractivity (Wildman–Crippen MR) is 91.1 cm³/mol. The van der Waals surface area contributed by atoms with Crippen molar-refractivity contribution in [3.05, 3.63) is 60.2 Å². The summed E-state index contributed by atoms with van der Waals surface area (Å²) in [6.07, 6.45) is 0.151. The van der Waals surface area contributed by atoms with Gasteiger partial charge in [0.05, 0.1) is 16.4 Å². The van der Waals surface area contributed by atoms with Crippen LogP contribution in [-0.4, -0.2) is 31.2 Å². The summed E-state index contributed by atoms with van der Waals surface area (Å²) in [7, 11) is -3.86. The summed E-state index contributed by atoms with van der Waals surface area (Å²) in [4.78, 5) is 12.8. The molecule has 0 saturated carbocycles. The number of sulfonamides is 1. The van der Waals surface area contributed by atoms with E-state index in [-0.39, 0.29) is 23.8 Å². The van der Waals surface area contributed by atoms with Crippen molar-refractivity contribution in [3.63, 3.8) is 0 Å². The van der Waals surface area contributed by atoms with Crippen LogP contribution in [0.15, 0.2) is 59.5 Å². The lowest BCUT2D eigenvalue weighted by Crippen LogP contribution is -2.40. The van der Waals surface area contributed by atoms with Crippen LogP contribution in [0.3, 0.4) is 0 Å². The Morgan fingerprint density at radius 2 is 1.80 bits per heavy atom. The fraction of sp³-hybridized carbons (Fsp3) is 0.222. The highest BCUT2D eigenvalue weighted by atomic mass is 32.2. The minimum Gasteiger partial charge on any atom is -0.325 e. The SMILES string of the molecule is N#C[C@@H]1C[C@@]2(CN1S(=O)(=O)c1ccccc1)C(=O)Nc1ccccc12. The van der Waals surface area contributed by atoms with Crippen LogP contribution >= 0.6 is 0 Å². The van der Waals surface area contributed by atoms with Gasteiger partial charge in [0.2, 0.25) is 15.9 Å². The van der Waals surface area contributed by atoms with Crippen LogP contribution in [0.2, 0.25) is 0 Å². The summed E-state index contributed by atoms with van der Waals surface area (Å²) in [5.41, 5.74) is 0.424. The van der Waals surface area contributed by atoms with Gasteiger partial charge in [-0.15, -0.1) is 0 Å². The molecular weight excluding hydrogens is 338 g/mol. The van der Waals surface area contributed by atoms with Gasteiger partial charge in [-0.05, 0) is 30.2 Å². The van der Waals surface area contributed by atoms with Crippen molar-refractivity contribution >= 4 is 21.6 Å². The number of amides is 1. The molecule has 2 aliphatic rings. The second-order valence-corrected chi connectivity index (χ2v) is 8.18. The molecule has 4 rings (SSSR count). The van der Waals surface area contributed by atoms with E-state index in [0.29, 0.717) is 5.69 Å². The number of benzene rings is 2. The van der Waals surface area contributed by atoms with E-state index >= 15 is 0 Å². The minimum absolute atomic E-state index is 0.0364. The molecule has 1 saturated heterocycles. The maximum atomic E-state index is 13.0. The summed E-state index contributed by atoms with van der Waals surface area (Å²) < 4.78 is 27.2. The molecule has 0 radical (unpaired) electrons. The minimum atomic E-state index is -3.86. The average Bonchev–Trinajstić information content (AvgIpc) is 3.16. The molecule has 0 aromatic heterocycles. The Bertz CT molecular complexity index is 998. The van der Waals surface area contributed by atoms with Crippen LogP contribution in [-0.2, 0) is 20.2 Å². The quantitative estimate of drug-likeness (QED) is 0.892. The molecule has 126 valence electrons. The van der Waals surface area contributed by atoms with Gasteiger partial charge in [-0.1, -0.05) is 36.4 Å². The summed E-state index contributed by atoms with van der Waals surface area (Å²) in [6.45, 7) is -0.0364. The summed E-state index contributed by atoms with van der Waals surface area (Å²) >= 11 is 0. The zero-order chi connectivity index (χ0) is 17.7. The molecule has 1 spiro atoms. The number of carbonyl (C=O) groups is 1. The van der Waals surface area contributed by atoms with Gasteiger partial charge in [0, 0.05) is 12.2 Å². The van der Waals surface area contributed by atoms with Crippen LogP contribution in [0.25, 0.3) is 0 Å². The Morgan fingerprint density at radius 3 is 2.52 bits per heavy atom. The third kappa shape index (κ3) is 2.18. The van der Waals surface area contributed by atoms with E-state index in [0.717, 1.165) is 9.87 Å². The Labute approximate surface area is 145 Å². The number of hydrogen-bond acceptors (Lipinski definition) is 4. The molecule has 2 aromatic rings. The number of anilines is 1. The van der Waals surface area contributed by atoms with Crippen molar-refractivity contribution in [1.82, 2.24) is 4.31 Å². The standard InChI is InChI=1S/C18H15N3O3S/c19-11-13-10-18(15-8-4-5-9-16(15)20-17(18)22)12-21(13)25(23,24)14-6-2-1-3-7-14/h1-9,13H,10,12H2,(H,20,22)/t13-,18-/m0/s1. The Morgan fingerprint density at radius 1 is 1.12 bits per heavy atom. The van der Waals surface area contributed by atoms with Gasteiger partial charge in [-0.3, -0.25) is 4.79 Å². The van der Waals surface area contributed by atoms with Gasteiger partial charge < -0.3 is 5.32 Å². The third-order valence-electron chi connectivity index (χ3n) is 4.94. The molecule has 25 heavy (non-hydrogen) atoms. The molecule has 0 bridgehead atoms. The second-order valence-electron chi connectivity index (χ2n) is 6.29.